The maximum absolute atomic E-state index is 10.4. The van der Waals surface area contributed by atoms with Gasteiger partial charge in [0.2, 0.25) is 5.65 Å². The molecule has 3 aromatic rings. The standard InChI is InChI=1S/C17H24N8O2/c1-10-11(23-27-22-10)8-25-20-12-13(21-25)18-15(16(2,3)4)19-14(12)24-7-6-17(5,26)9-24/h26H,6-9H2,1-5H3/t17-/m0/s1. The van der Waals surface area contributed by atoms with Crippen LogP contribution >= 0.6 is 0 Å². The summed E-state index contributed by atoms with van der Waals surface area (Å²) in [6.07, 6.45) is 0.682. The number of rotatable bonds is 3. The van der Waals surface area contributed by atoms with Crippen molar-refractivity contribution in [3.63, 3.8) is 0 Å². The molecule has 3 aromatic heterocycles. The van der Waals surface area contributed by atoms with Crippen LogP contribution in [0.3, 0.4) is 0 Å². The molecule has 1 aliphatic heterocycles. The Bertz CT molecular complexity index is 985. The highest BCUT2D eigenvalue weighted by molar-refractivity contribution is 5.82. The van der Waals surface area contributed by atoms with E-state index in [2.05, 4.69) is 51.2 Å². The molecule has 1 fully saturated rings. The van der Waals surface area contributed by atoms with Gasteiger partial charge in [0, 0.05) is 18.5 Å². The predicted octanol–water partition coefficient (Wildman–Crippen LogP) is 1.22. The van der Waals surface area contributed by atoms with Crippen molar-refractivity contribution in [1.82, 2.24) is 35.3 Å². The summed E-state index contributed by atoms with van der Waals surface area (Å²) in [5.74, 6) is 1.41. The monoisotopic (exact) mass is 372 g/mol. The van der Waals surface area contributed by atoms with Crippen LogP contribution in [0.15, 0.2) is 4.63 Å². The van der Waals surface area contributed by atoms with Crippen LogP contribution in [0, 0.1) is 6.92 Å². The van der Waals surface area contributed by atoms with Gasteiger partial charge in [-0.1, -0.05) is 31.1 Å². The smallest absolute Gasteiger partial charge is 0.207 e. The van der Waals surface area contributed by atoms with E-state index in [1.165, 1.54) is 4.80 Å². The Balaban J connectivity index is 1.80. The maximum atomic E-state index is 10.4. The van der Waals surface area contributed by atoms with Gasteiger partial charge in [0.05, 0.1) is 5.60 Å². The number of anilines is 1. The van der Waals surface area contributed by atoms with E-state index in [4.69, 9.17) is 9.61 Å². The Kier molecular flexibility index (Phi) is 3.91. The second-order valence-electron chi connectivity index (χ2n) is 8.49. The fourth-order valence-corrected chi connectivity index (χ4v) is 3.12. The molecule has 0 radical (unpaired) electrons. The molecule has 10 heteroatoms. The molecule has 144 valence electrons. The van der Waals surface area contributed by atoms with Crippen LogP contribution in [0.25, 0.3) is 11.2 Å². The topological polar surface area (TPSA) is 119 Å². The third-order valence-electron chi connectivity index (χ3n) is 4.73. The van der Waals surface area contributed by atoms with E-state index in [0.29, 0.717) is 60.2 Å². The molecule has 0 saturated carbocycles. The molecule has 0 bridgehead atoms. The van der Waals surface area contributed by atoms with Crippen LogP contribution in [0.1, 0.15) is 51.3 Å². The molecule has 0 spiro atoms. The highest BCUT2D eigenvalue weighted by Gasteiger charge is 2.34. The lowest BCUT2D eigenvalue weighted by molar-refractivity contribution is 0.0839. The summed E-state index contributed by atoms with van der Waals surface area (Å²) in [5, 5.41) is 27.2. The predicted molar refractivity (Wildman–Crippen MR) is 97.4 cm³/mol. The number of hydrogen-bond acceptors (Lipinski definition) is 9. The lowest BCUT2D eigenvalue weighted by atomic mass is 9.96. The molecule has 4 heterocycles. The molecule has 4 rings (SSSR count). The lowest BCUT2D eigenvalue weighted by Crippen LogP contribution is -2.31. The Hall–Kier alpha value is -2.62. The Morgan fingerprint density at radius 3 is 2.56 bits per heavy atom. The molecule has 27 heavy (non-hydrogen) atoms. The van der Waals surface area contributed by atoms with Gasteiger partial charge in [-0.15, -0.1) is 10.2 Å². The van der Waals surface area contributed by atoms with E-state index in [1.54, 1.807) is 0 Å². The fraction of sp³-hybridized carbons (Fsp3) is 0.647. The van der Waals surface area contributed by atoms with E-state index >= 15 is 0 Å². The summed E-state index contributed by atoms with van der Waals surface area (Å²) in [5.41, 5.74) is 1.55. The zero-order valence-corrected chi connectivity index (χ0v) is 16.3. The molecule has 0 amide bonds. The van der Waals surface area contributed by atoms with Gasteiger partial charge in [-0.2, -0.15) is 4.80 Å². The van der Waals surface area contributed by atoms with Crippen molar-refractivity contribution < 1.29 is 9.74 Å². The van der Waals surface area contributed by atoms with Gasteiger partial charge >= 0.3 is 0 Å². The number of fused-ring (bicyclic) bond motifs is 1. The van der Waals surface area contributed by atoms with Crippen molar-refractivity contribution >= 4 is 17.0 Å². The Morgan fingerprint density at radius 2 is 1.96 bits per heavy atom. The van der Waals surface area contributed by atoms with Crippen molar-refractivity contribution in [3.8, 4) is 0 Å². The average Bonchev–Trinajstić information content (AvgIpc) is 3.25. The van der Waals surface area contributed by atoms with E-state index in [1.807, 2.05) is 13.8 Å². The van der Waals surface area contributed by atoms with Gasteiger partial charge in [0.15, 0.2) is 11.3 Å². The number of aromatic nitrogens is 7. The van der Waals surface area contributed by atoms with E-state index in [-0.39, 0.29) is 5.41 Å². The molecular weight excluding hydrogens is 348 g/mol. The van der Waals surface area contributed by atoms with Gasteiger partial charge in [-0.3, -0.25) is 0 Å². The first-order valence-corrected chi connectivity index (χ1v) is 9.01. The minimum absolute atomic E-state index is 0.235. The molecule has 0 aliphatic carbocycles. The maximum Gasteiger partial charge on any atom is 0.207 e. The van der Waals surface area contributed by atoms with E-state index in [0.717, 1.165) is 0 Å². The number of hydrogen-bond donors (Lipinski definition) is 1. The van der Waals surface area contributed by atoms with Crippen LogP contribution in [-0.2, 0) is 12.0 Å². The average molecular weight is 372 g/mol. The summed E-state index contributed by atoms with van der Waals surface area (Å²) in [6.45, 7) is 11.4. The fourth-order valence-electron chi connectivity index (χ4n) is 3.12. The van der Waals surface area contributed by atoms with Gasteiger partial charge in [-0.25, -0.2) is 14.6 Å². The molecule has 0 aromatic carbocycles. The van der Waals surface area contributed by atoms with Crippen LogP contribution in [0.5, 0.6) is 0 Å². The highest BCUT2D eigenvalue weighted by atomic mass is 16.6. The van der Waals surface area contributed by atoms with Crippen molar-refractivity contribution in [2.24, 2.45) is 0 Å². The largest absolute Gasteiger partial charge is 0.388 e. The first-order chi connectivity index (χ1) is 12.6. The minimum Gasteiger partial charge on any atom is -0.388 e. The lowest BCUT2D eigenvalue weighted by Gasteiger charge is -2.22. The molecule has 1 atom stereocenters. The quantitative estimate of drug-likeness (QED) is 0.723. The molecule has 10 nitrogen and oxygen atoms in total. The van der Waals surface area contributed by atoms with Crippen molar-refractivity contribution in [1.29, 1.82) is 0 Å². The third kappa shape index (κ3) is 3.36. The zero-order chi connectivity index (χ0) is 19.4. The van der Waals surface area contributed by atoms with Gasteiger partial charge in [-0.05, 0) is 20.3 Å². The third-order valence-corrected chi connectivity index (χ3v) is 4.73. The van der Waals surface area contributed by atoms with E-state index in [9.17, 15) is 5.11 Å². The Morgan fingerprint density at radius 1 is 1.19 bits per heavy atom. The van der Waals surface area contributed by atoms with E-state index < -0.39 is 5.60 Å². The van der Waals surface area contributed by atoms with Crippen LogP contribution in [0.2, 0.25) is 0 Å². The van der Waals surface area contributed by atoms with Gasteiger partial charge < -0.3 is 10.0 Å². The highest BCUT2D eigenvalue weighted by Crippen LogP contribution is 2.31. The van der Waals surface area contributed by atoms with Crippen molar-refractivity contribution in [2.45, 2.75) is 58.6 Å². The molecule has 1 aliphatic rings. The van der Waals surface area contributed by atoms with Crippen molar-refractivity contribution in [3.05, 3.63) is 17.2 Å². The molecular formula is C17H24N8O2. The summed E-state index contributed by atoms with van der Waals surface area (Å²) < 4.78 is 4.75. The normalized spacial score (nSPS) is 20.7. The van der Waals surface area contributed by atoms with Crippen molar-refractivity contribution in [2.75, 3.05) is 18.0 Å². The Labute approximate surface area is 156 Å². The number of aryl methyl sites for hydroxylation is 1. The van der Waals surface area contributed by atoms with Crippen LogP contribution < -0.4 is 4.90 Å². The molecule has 1 saturated heterocycles. The molecule has 1 N–H and O–H groups in total. The number of nitrogens with zero attached hydrogens (tertiary/aromatic N) is 8. The first-order valence-electron chi connectivity index (χ1n) is 9.01. The number of β-amino-alcohol motifs (C(OH)–C–C–N with tert-alkyl or cyclic N) is 1. The van der Waals surface area contributed by atoms with Crippen LogP contribution in [-0.4, -0.2) is 59.1 Å². The second kappa shape index (κ2) is 5.95. The van der Waals surface area contributed by atoms with Gasteiger partial charge in [0.25, 0.3) is 0 Å². The van der Waals surface area contributed by atoms with Crippen LogP contribution in [0.4, 0.5) is 5.82 Å². The summed E-state index contributed by atoms with van der Waals surface area (Å²) in [6, 6.07) is 0. The number of aliphatic hydroxyl groups is 1. The minimum atomic E-state index is -0.737. The molecule has 0 unspecified atom stereocenters. The van der Waals surface area contributed by atoms with Gasteiger partial charge in [0.1, 0.15) is 23.8 Å². The SMILES string of the molecule is Cc1nonc1Cn1nc2nc(C(C)(C)C)nc(N3CC[C@](C)(O)C3)c2n1. The second-order valence-corrected chi connectivity index (χ2v) is 8.49. The zero-order valence-electron chi connectivity index (χ0n) is 16.3. The first kappa shape index (κ1) is 17.8. The summed E-state index contributed by atoms with van der Waals surface area (Å²) in [4.78, 5) is 13.0. The summed E-state index contributed by atoms with van der Waals surface area (Å²) in [7, 11) is 0. The summed E-state index contributed by atoms with van der Waals surface area (Å²) >= 11 is 0.